The van der Waals surface area contributed by atoms with E-state index in [4.69, 9.17) is 16.6 Å². The third kappa shape index (κ3) is 5.50. The lowest BCUT2D eigenvalue weighted by Gasteiger charge is -2.18. The maximum Gasteiger partial charge on any atom is 0.173 e. The van der Waals surface area contributed by atoms with E-state index in [2.05, 4.69) is 32.5 Å². The lowest BCUT2D eigenvalue weighted by Crippen LogP contribution is -2.18. The minimum Gasteiger partial charge on any atom is -0.375 e. The monoisotopic (exact) mass is 463 g/mol. The Bertz CT molecular complexity index is 1130. The van der Waals surface area contributed by atoms with Gasteiger partial charge in [0, 0.05) is 54.3 Å². The molecule has 7 heteroatoms. The number of halogens is 1. The summed E-state index contributed by atoms with van der Waals surface area (Å²) < 4.78 is 2.17. The summed E-state index contributed by atoms with van der Waals surface area (Å²) >= 11 is 7.90. The molecule has 0 atom stereocenters. The molecule has 0 spiro atoms. The number of unbranched alkanes of at least 4 members (excludes halogenated alkanes) is 1. The summed E-state index contributed by atoms with van der Waals surface area (Å²) in [6.07, 6.45) is 9.68. The van der Waals surface area contributed by atoms with Crippen molar-refractivity contribution in [2.75, 3.05) is 24.2 Å². The molecule has 0 N–H and O–H groups in total. The second kappa shape index (κ2) is 10.7. The maximum absolute atomic E-state index is 6.13. The van der Waals surface area contributed by atoms with Gasteiger partial charge in [-0.15, -0.1) is 0 Å². The molecule has 0 unspecified atom stereocenters. The number of thioether (sulfide) groups is 1. The lowest BCUT2D eigenvalue weighted by molar-refractivity contribution is 0.770. The van der Waals surface area contributed by atoms with E-state index in [9.17, 15) is 0 Å². The van der Waals surface area contributed by atoms with E-state index >= 15 is 0 Å². The number of imidazole rings is 1. The summed E-state index contributed by atoms with van der Waals surface area (Å²) in [6, 6.07) is 16.1. The van der Waals surface area contributed by atoms with Gasteiger partial charge in [0.2, 0.25) is 0 Å². The second-order valence-corrected chi connectivity index (χ2v) is 9.14. The van der Waals surface area contributed by atoms with Crippen LogP contribution < -0.4 is 4.90 Å². The van der Waals surface area contributed by atoms with Crippen LogP contribution in [0.25, 0.3) is 17.1 Å². The highest BCUT2D eigenvalue weighted by Gasteiger charge is 2.15. The molecular weight excluding hydrogens is 438 g/mol. The van der Waals surface area contributed by atoms with Gasteiger partial charge in [-0.3, -0.25) is 14.5 Å². The van der Waals surface area contributed by atoms with Crippen LogP contribution in [0, 0.1) is 6.92 Å². The summed E-state index contributed by atoms with van der Waals surface area (Å²) in [5, 5.41) is 1.68. The minimum absolute atomic E-state index is 0.719. The van der Waals surface area contributed by atoms with Crippen molar-refractivity contribution < 1.29 is 0 Å². The van der Waals surface area contributed by atoms with E-state index < -0.39 is 0 Å². The number of anilines is 1. The third-order valence-corrected chi connectivity index (χ3v) is 6.50. The fourth-order valence-corrected chi connectivity index (χ4v) is 4.54. The molecule has 0 aliphatic rings. The number of aromatic nitrogens is 4. The van der Waals surface area contributed by atoms with E-state index in [0.717, 1.165) is 58.0 Å². The summed E-state index contributed by atoms with van der Waals surface area (Å²) in [6.45, 7) is 3.05. The first-order valence-corrected chi connectivity index (χ1v) is 12.0. The van der Waals surface area contributed by atoms with Crippen LogP contribution in [0.5, 0.6) is 0 Å². The van der Waals surface area contributed by atoms with Crippen LogP contribution in [0.15, 0.2) is 78.5 Å². The Balaban J connectivity index is 1.45. The summed E-state index contributed by atoms with van der Waals surface area (Å²) in [5.74, 6) is 0.996. The van der Waals surface area contributed by atoms with Crippen molar-refractivity contribution in [1.29, 1.82) is 0 Å². The van der Waals surface area contributed by atoms with Gasteiger partial charge in [0.1, 0.15) is 0 Å². The zero-order valence-corrected chi connectivity index (χ0v) is 19.9. The summed E-state index contributed by atoms with van der Waals surface area (Å²) in [4.78, 5) is 15.7. The quantitative estimate of drug-likeness (QED) is 0.215. The first-order valence-electron chi connectivity index (χ1n) is 10.6. The Hall–Kier alpha value is -2.83. The van der Waals surface area contributed by atoms with Gasteiger partial charge in [-0.05, 0) is 67.8 Å². The number of benzene rings is 1. The zero-order valence-electron chi connectivity index (χ0n) is 18.3. The van der Waals surface area contributed by atoms with Gasteiger partial charge >= 0.3 is 0 Å². The third-order valence-electron chi connectivity index (χ3n) is 5.21. The topological polar surface area (TPSA) is 46.8 Å². The first kappa shape index (κ1) is 22.4. The number of pyridine rings is 2. The molecule has 4 aromatic rings. The normalized spacial score (nSPS) is 11.0. The van der Waals surface area contributed by atoms with Gasteiger partial charge < -0.3 is 4.90 Å². The van der Waals surface area contributed by atoms with E-state index in [1.165, 1.54) is 5.69 Å². The van der Waals surface area contributed by atoms with Gasteiger partial charge in [-0.25, -0.2) is 4.98 Å². The Kier molecular flexibility index (Phi) is 7.45. The van der Waals surface area contributed by atoms with Crippen molar-refractivity contribution in [2.24, 2.45) is 0 Å². The largest absolute Gasteiger partial charge is 0.375 e. The molecule has 1 aromatic carbocycles. The molecule has 0 radical (unpaired) electrons. The maximum atomic E-state index is 6.13. The van der Waals surface area contributed by atoms with Gasteiger partial charge in [0.15, 0.2) is 5.16 Å². The molecule has 0 saturated carbocycles. The van der Waals surface area contributed by atoms with Crippen LogP contribution in [0.2, 0.25) is 5.02 Å². The van der Waals surface area contributed by atoms with Crippen molar-refractivity contribution >= 4 is 29.1 Å². The molecule has 32 heavy (non-hydrogen) atoms. The predicted octanol–water partition coefficient (Wildman–Crippen LogP) is 6.30. The van der Waals surface area contributed by atoms with E-state index in [0.29, 0.717) is 0 Å². The molecule has 4 rings (SSSR count). The van der Waals surface area contributed by atoms with Crippen LogP contribution >= 0.6 is 23.4 Å². The lowest BCUT2D eigenvalue weighted by atomic mass is 10.2. The molecule has 0 aliphatic carbocycles. The molecular formula is C25H26ClN5S. The predicted molar refractivity (Wildman–Crippen MR) is 134 cm³/mol. The number of aryl methyl sites for hydroxylation is 1. The minimum atomic E-state index is 0.719. The van der Waals surface area contributed by atoms with E-state index in [-0.39, 0.29) is 0 Å². The highest BCUT2D eigenvalue weighted by atomic mass is 35.5. The number of hydrogen-bond donors (Lipinski definition) is 0. The summed E-state index contributed by atoms with van der Waals surface area (Å²) in [5.41, 5.74) is 5.25. The van der Waals surface area contributed by atoms with Crippen molar-refractivity contribution in [2.45, 2.75) is 24.9 Å². The van der Waals surface area contributed by atoms with Gasteiger partial charge in [0.25, 0.3) is 0 Å². The SMILES string of the molecule is Cc1ccc(-c2cnc(SCCCCN(C)c3ccncc3)n2-c2ccc(Cl)cc2)nc1. The average Bonchev–Trinajstić information content (AvgIpc) is 3.24. The molecule has 0 aliphatic heterocycles. The smallest absolute Gasteiger partial charge is 0.173 e. The van der Waals surface area contributed by atoms with Crippen LogP contribution in [-0.4, -0.2) is 38.9 Å². The van der Waals surface area contributed by atoms with Crippen molar-refractivity contribution in [1.82, 2.24) is 19.5 Å². The Morgan fingerprint density at radius 1 is 0.938 bits per heavy atom. The molecule has 0 bridgehead atoms. The van der Waals surface area contributed by atoms with Crippen molar-refractivity contribution in [3.8, 4) is 17.1 Å². The average molecular weight is 464 g/mol. The highest BCUT2D eigenvalue weighted by molar-refractivity contribution is 7.99. The molecule has 164 valence electrons. The van der Waals surface area contributed by atoms with Gasteiger partial charge in [-0.2, -0.15) is 0 Å². The van der Waals surface area contributed by atoms with Crippen molar-refractivity contribution in [3.63, 3.8) is 0 Å². The Morgan fingerprint density at radius 2 is 1.72 bits per heavy atom. The van der Waals surface area contributed by atoms with E-state index in [1.807, 2.05) is 74.2 Å². The molecule has 5 nitrogen and oxygen atoms in total. The fraction of sp³-hybridized carbons (Fsp3) is 0.240. The highest BCUT2D eigenvalue weighted by Crippen LogP contribution is 2.30. The van der Waals surface area contributed by atoms with Crippen LogP contribution in [0.4, 0.5) is 5.69 Å². The summed E-state index contributed by atoms with van der Waals surface area (Å²) in [7, 11) is 2.12. The molecule has 3 aromatic heterocycles. The van der Waals surface area contributed by atoms with Gasteiger partial charge in [-0.1, -0.05) is 29.4 Å². The molecule has 3 heterocycles. The molecule has 0 saturated heterocycles. The fourth-order valence-electron chi connectivity index (χ4n) is 3.42. The molecule has 0 fully saturated rings. The Labute approximate surface area is 198 Å². The van der Waals surface area contributed by atoms with Crippen molar-refractivity contribution in [3.05, 3.63) is 83.9 Å². The zero-order chi connectivity index (χ0) is 22.3. The number of nitrogens with zero attached hydrogens (tertiary/aromatic N) is 5. The second-order valence-electron chi connectivity index (χ2n) is 7.64. The van der Waals surface area contributed by atoms with Crippen LogP contribution in [0.1, 0.15) is 18.4 Å². The Morgan fingerprint density at radius 3 is 2.44 bits per heavy atom. The molecule has 0 amide bonds. The van der Waals surface area contributed by atoms with Crippen LogP contribution in [-0.2, 0) is 0 Å². The number of hydrogen-bond acceptors (Lipinski definition) is 5. The first-order chi connectivity index (χ1) is 15.6. The standard InChI is InChI=1S/C25H26ClN5S/c1-19-5-10-23(28-17-19)24-18-29-25(31(24)22-8-6-20(26)7-9-22)32-16-4-3-15-30(2)21-11-13-27-14-12-21/h5-14,17-18H,3-4,15-16H2,1-2H3. The number of rotatable bonds is 9. The van der Waals surface area contributed by atoms with Gasteiger partial charge in [0.05, 0.1) is 17.6 Å². The van der Waals surface area contributed by atoms with E-state index in [1.54, 1.807) is 11.8 Å². The van der Waals surface area contributed by atoms with Crippen LogP contribution in [0.3, 0.4) is 0 Å².